The molecule has 3 heterocycles. The minimum absolute atomic E-state index is 0.0419. The van der Waals surface area contributed by atoms with Gasteiger partial charge >= 0.3 is 0 Å². The second-order valence-corrected chi connectivity index (χ2v) is 8.99. The minimum atomic E-state index is -0.492. The molecule has 1 aliphatic heterocycles. The molecule has 2 unspecified atom stereocenters. The van der Waals surface area contributed by atoms with Crippen molar-refractivity contribution in [2.45, 2.75) is 32.6 Å². The maximum atomic E-state index is 13.2. The highest BCUT2D eigenvalue weighted by Crippen LogP contribution is 2.26. The lowest BCUT2D eigenvalue weighted by molar-refractivity contribution is -0.144. The van der Waals surface area contributed by atoms with E-state index < -0.39 is 6.17 Å². The molecule has 2 atom stereocenters. The molecule has 6 nitrogen and oxygen atoms in total. The number of piperazine rings is 1. The summed E-state index contributed by atoms with van der Waals surface area (Å²) in [4.78, 5) is 25.1. The summed E-state index contributed by atoms with van der Waals surface area (Å²) < 4.78 is 0. The van der Waals surface area contributed by atoms with Crippen molar-refractivity contribution in [2.24, 2.45) is 5.73 Å². The number of aromatic nitrogens is 2. The number of hydrogen-bond acceptors (Lipinski definition) is 4. The van der Waals surface area contributed by atoms with Gasteiger partial charge in [0.1, 0.15) is 6.17 Å². The molecule has 3 N–H and O–H groups in total. The average molecular weight is 448 g/mol. The number of carbonyl (C=O) groups excluding carboxylic acids is 1. The van der Waals surface area contributed by atoms with Gasteiger partial charge in [0.15, 0.2) is 0 Å². The van der Waals surface area contributed by atoms with Crippen molar-refractivity contribution in [1.82, 2.24) is 19.8 Å². The Morgan fingerprint density at radius 3 is 2.88 bits per heavy atom. The minimum Gasteiger partial charge on any atom is -0.357 e. The number of aryl methyl sites for hydroxylation is 1. The topological polar surface area (TPSA) is 78.2 Å². The van der Waals surface area contributed by atoms with Crippen LogP contribution < -0.4 is 5.73 Å². The third kappa shape index (κ3) is 3.75. The summed E-state index contributed by atoms with van der Waals surface area (Å²) in [6, 6.07) is 15.7. The number of aromatic amines is 1. The Labute approximate surface area is 192 Å². The monoisotopic (exact) mass is 447 g/mol. The Balaban J connectivity index is 1.32. The van der Waals surface area contributed by atoms with Crippen LogP contribution in [0.15, 0.2) is 54.7 Å². The zero-order valence-electron chi connectivity index (χ0n) is 18.2. The van der Waals surface area contributed by atoms with Crippen molar-refractivity contribution in [3.05, 3.63) is 76.6 Å². The predicted octanol–water partition coefficient (Wildman–Crippen LogP) is 4.37. The number of nitrogens with zero attached hydrogens (tertiary/aromatic N) is 3. The van der Waals surface area contributed by atoms with Crippen LogP contribution in [0.25, 0.3) is 21.8 Å². The van der Waals surface area contributed by atoms with Crippen LogP contribution in [-0.2, 0) is 11.3 Å². The molecule has 7 heteroatoms. The molecule has 1 amide bonds. The van der Waals surface area contributed by atoms with E-state index in [-0.39, 0.29) is 11.9 Å². The van der Waals surface area contributed by atoms with Crippen LogP contribution in [0.3, 0.4) is 0 Å². The fourth-order valence-electron chi connectivity index (χ4n) is 4.57. The molecule has 2 aromatic heterocycles. The Morgan fingerprint density at radius 2 is 2.03 bits per heavy atom. The van der Waals surface area contributed by atoms with Gasteiger partial charge in [-0.25, -0.2) is 0 Å². The molecule has 0 bridgehead atoms. The maximum Gasteiger partial charge on any atom is 0.241 e. The molecule has 1 saturated heterocycles. The van der Waals surface area contributed by atoms with E-state index in [1.54, 1.807) is 11.1 Å². The van der Waals surface area contributed by atoms with Crippen molar-refractivity contribution in [1.29, 1.82) is 0 Å². The van der Waals surface area contributed by atoms with Crippen LogP contribution in [0.4, 0.5) is 0 Å². The number of rotatable bonds is 4. The number of amides is 1. The molecule has 4 aromatic rings. The van der Waals surface area contributed by atoms with Gasteiger partial charge in [0.05, 0.1) is 11.6 Å². The number of nitrogens with two attached hydrogens (primary N) is 1. The van der Waals surface area contributed by atoms with Crippen LogP contribution in [0.2, 0.25) is 5.02 Å². The van der Waals surface area contributed by atoms with Gasteiger partial charge in [0, 0.05) is 52.8 Å². The number of fused-ring (bicyclic) bond motifs is 2. The smallest absolute Gasteiger partial charge is 0.241 e. The highest BCUT2D eigenvalue weighted by atomic mass is 35.5. The predicted molar refractivity (Wildman–Crippen MR) is 128 cm³/mol. The molecule has 32 heavy (non-hydrogen) atoms. The van der Waals surface area contributed by atoms with E-state index in [9.17, 15) is 4.79 Å². The van der Waals surface area contributed by atoms with E-state index >= 15 is 0 Å². The van der Waals surface area contributed by atoms with Gasteiger partial charge in [-0.2, -0.15) is 0 Å². The molecule has 164 valence electrons. The molecule has 0 aliphatic carbocycles. The summed E-state index contributed by atoms with van der Waals surface area (Å²) in [6.07, 6.45) is 1.31. The van der Waals surface area contributed by atoms with Crippen molar-refractivity contribution in [3.63, 3.8) is 0 Å². The van der Waals surface area contributed by atoms with E-state index in [2.05, 4.69) is 27.9 Å². The summed E-state index contributed by atoms with van der Waals surface area (Å²) in [5, 5.41) is 2.90. The summed E-state index contributed by atoms with van der Waals surface area (Å²) in [6.45, 7) is 6.01. The standard InChI is InChI=1S/C25H26ClN5O/c1-15-7-8-28-23-13-17(3-5-21(15)23)24(27)31-10-9-30(16(2)25(31)32)14-20-12-18-11-19(26)4-6-22(18)29-20/h3-8,11-13,16,24,29H,9-10,14,27H2,1-2H3. The van der Waals surface area contributed by atoms with Crippen molar-refractivity contribution >= 4 is 39.3 Å². The van der Waals surface area contributed by atoms with Crippen molar-refractivity contribution < 1.29 is 4.79 Å². The summed E-state index contributed by atoms with van der Waals surface area (Å²) >= 11 is 6.11. The van der Waals surface area contributed by atoms with Crippen LogP contribution in [0, 0.1) is 6.92 Å². The highest BCUT2D eigenvalue weighted by Gasteiger charge is 2.34. The molecular formula is C25H26ClN5O. The number of carbonyl (C=O) groups is 1. The third-order valence-electron chi connectivity index (χ3n) is 6.49. The van der Waals surface area contributed by atoms with Crippen LogP contribution in [0.1, 0.15) is 29.9 Å². The van der Waals surface area contributed by atoms with Crippen LogP contribution in [-0.4, -0.2) is 44.8 Å². The fraction of sp³-hybridized carbons (Fsp3) is 0.280. The quantitative estimate of drug-likeness (QED) is 0.487. The molecule has 0 spiro atoms. The van der Waals surface area contributed by atoms with Crippen molar-refractivity contribution in [3.8, 4) is 0 Å². The summed E-state index contributed by atoms with van der Waals surface area (Å²) in [5.74, 6) is 0.0419. The van der Waals surface area contributed by atoms with E-state index in [4.69, 9.17) is 17.3 Å². The molecule has 0 saturated carbocycles. The van der Waals surface area contributed by atoms with Crippen LogP contribution in [0.5, 0.6) is 0 Å². The molecule has 5 rings (SSSR count). The first-order valence-corrected chi connectivity index (χ1v) is 11.2. The van der Waals surface area contributed by atoms with Gasteiger partial charge in [0.25, 0.3) is 0 Å². The van der Waals surface area contributed by atoms with Gasteiger partial charge in [-0.05, 0) is 61.4 Å². The third-order valence-corrected chi connectivity index (χ3v) is 6.73. The highest BCUT2D eigenvalue weighted by molar-refractivity contribution is 6.31. The summed E-state index contributed by atoms with van der Waals surface area (Å²) in [5.41, 5.74) is 11.6. The Bertz CT molecular complexity index is 1320. The van der Waals surface area contributed by atoms with Crippen molar-refractivity contribution in [2.75, 3.05) is 13.1 Å². The zero-order valence-corrected chi connectivity index (χ0v) is 18.9. The number of nitrogens with one attached hydrogen (secondary N) is 1. The zero-order chi connectivity index (χ0) is 22.4. The fourth-order valence-corrected chi connectivity index (χ4v) is 4.75. The summed E-state index contributed by atoms with van der Waals surface area (Å²) in [7, 11) is 0. The van der Waals surface area contributed by atoms with E-state index in [1.807, 2.05) is 49.4 Å². The SMILES string of the molecule is Cc1ccnc2cc(C(N)N3CCN(Cc4cc5cc(Cl)ccc5[nH]4)C(C)C3=O)ccc12. The lowest BCUT2D eigenvalue weighted by atomic mass is 10.0. The number of H-pyrrole nitrogens is 1. The molecule has 1 fully saturated rings. The van der Waals surface area contributed by atoms with Gasteiger partial charge in [-0.3, -0.25) is 14.7 Å². The lowest BCUT2D eigenvalue weighted by Gasteiger charge is -2.41. The molecular weight excluding hydrogens is 422 g/mol. The number of pyridine rings is 1. The lowest BCUT2D eigenvalue weighted by Crippen LogP contribution is -2.57. The van der Waals surface area contributed by atoms with Gasteiger partial charge in [0.2, 0.25) is 5.91 Å². The normalized spacial score (nSPS) is 18.6. The Kier molecular flexibility index (Phi) is 5.37. The van der Waals surface area contributed by atoms with Crippen LogP contribution >= 0.6 is 11.6 Å². The molecule has 1 aliphatic rings. The molecule has 0 radical (unpaired) electrons. The first-order valence-electron chi connectivity index (χ1n) is 10.8. The maximum absolute atomic E-state index is 13.2. The first-order chi connectivity index (χ1) is 15.4. The molecule has 2 aromatic carbocycles. The largest absolute Gasteiger partial charge is 0.357 e. The van der Waals surface area contributed by atoms with Gasteiger partial charge < -0.3 is 15.6 Å². The van der Waals surface area contributed by atoms with E-state index in [0.29, 0.717) is 18.1 Å². The second kappa shape index (κ2) is 8.20. The number of hydrogen-bond donors (Lipinski definition) is 2. The number of benzene rings is 2. The number of halogens is 1. The average Bonchev–Trinajstić information content (AvgIpc) is 3.18. The first kappa shape index (κ1) is 20.9. The van der Waals surface area contributed by atoms with Gasteiger partial charge in [-0.1, -0.05) is 23.7 Å². The Morgan fingerprint density at radius 1 is 1.19 bits per heavy atom. The van der Waals surface area contributed by atoms with Gasteiger partial charge in [-0.15, -0.1) is 0 Å². The Hall–Kier alpha value is -2.93. The second-order valence-electron chi connectivity index (χ2n) is 8.55. The van der Waals surface area contributed by atoms with E-state index in [0.717, 1.165) is 39.6 Å². The van der Waals surface area contributed by atoms with E-state index in [1.165, 1.54) is 5.56 Å².